The molecule has 0 saturated carbocycles. The van der Waals surface area contributed by atoms with E-state index in [4.69, 9.17) is 23.1 Å². The van der Waals surface area contributed by atoms with E-state index in [1.807, 2.05) is 12.1 Å². The lowest BCUT2D eigenvalue weighted by Crippen LogP contribution is -2.51. The summed E-state index contributed by atoms with van der Waals surface area (Å²) >= 11 is 6.11. The van der Waals surface area contributed by atoms with Crippen molar-refractivity contribution >= 4 is 11.6 Å². The zero-order chi connectivity index (χ0) is 10.2. The van der Waals surface area contributed by atoms with E-state index in [2.05, 4.69) is 6.07 Å². The van der Waals surface area contributed by atoms with Gasteiger partial charge in [0.1, 0.15) is 0 Å². The van der Waals surface area contributed by atoms with E-state index >= 15 is 0 Å². The van der Waals surface area contributed by atoms with Crippen LogP contribution in [0.5, 0.6) is 0 Å². The Balaban J connectivity index is 2.36. The second kappa shape index (κ2) is 3.54. The van der Waals surface area contributed by atoms with Crippen LogP contribution < -0.4 is 11.5 Å². The summed E-state index contributed by atoms with van der Waals surface area (Å²) in [6.45, 7) is 0.541. The molecule has 1 aromatic rings. The third kappa shape index (κ3) is 1.65. The van der Waals surface area contributed by atoms with Crippen LogP contribution in [0, 0.1) is 0 Å². The molecule has 0 aliphatic heterocycles. The molecule has 76 valence electrons. The Bertz CT molecular complexity index is 351. The maximum atomic E-state index is 6.16. The average Bonchev–Trinajstić information content (AvgIpc) is 2.18. The van der Waals surface area contributed by atoms with Gasteiger partial charge in [-0.25, -0.2) is 0 Å². The summed E-state index contributed by atoms with van der Waals surface area (Å²) in [6.07, 6.45) is 2.72. The molecule has 3 heteroatoms. The van der Waals surface area contributed by atoms with Gasteiger partial charge in [0.2, 0.25) is 0 Å². The fourth-order valence-electron chi connectivity index (χ4n) is 2.06. The van der Waals surface area contributed by atoms with Crippen molar-refractivity contribution < 1.29 is 0 Å². The predicted molar refractivity (Wildman–Crippen MR) is 59.4 cm³/mol. The minimum Gasteiger partial charge on any atom is -0.329 e. The van der Waals surface area contributed by atoms with Crippen LogP contribution in [0.2, 0.25) is 5.02 Å². The maximum absolute atomic E-state index is 6.16. The fraction of sp³-hybridized carbons (Fsp3) is 0.455. The maximum Gasteiger partial charge on any atom is 0.0440 e. The number of hydrogen-bond acceptors (Lipinski definition) is 2. The Kier molecular flexibility index (Phi) is 2.52. The van der Waals surface area contributed by atoms with Crippen LogP contribution in [0.15, 0.2) is 18.2 Å². The van der Waals surface area contributed by atoms with Crippen molar-refractivity contribution in [2.45, 2.75) is 24.8 Å². The van der Waals surface area contributed by atoms with Crippen LogP contribution in [0.3, 0.4) is 0 Å². The number of rotatable bonds is 1. The minimum absolute atomic E-state index is 0.225. The lowest BCUT2D eigenvalue weighted by Gasteiger charge is -2.33. The van der Waals surface area contributed by atoms with Crippen molar-refractivity contribution in [1.82, 2.24) is 0 Å². The Hall–Kier alpha value is -0.570. The first kappa shape index (κ1) is 9.97. The molecule has 4 N–H and O–H groups in total. The smallest absolute Gasteiger partial charge is 0.0440 e. The zero-order valence-corrected chi connectivity index (χ0v) is 8.85. The van der Waals surface area contributed by atoms with Crippen molar-refractivity contribution in [1.29, 1.82) is 0 Å². The van der Waals surface area contributed by atoms with Gasteiger partial charge < -0.3 is 11.5 Å². The molecule has 1 atom stereocenters. The summed E-state index contributed by atoms with van der Waals surface area (Å²) in [6, 6.07) is 6.01. The highest BCUT2D eigenvalue weighted by Gasteiger charge is 2.29. The fourth-order valence-corrected chi connectivity index (χ4v) is 2.35. The predicted octanol–water partition coefficient (Wildman–Crippen LogP) is 1.48. The molecule has 1 aromatic carbocycles. The quantitative estimate of drug-likeness (QED) is 0.738. The molecular weight excluding hydrogens is 196 g/mol. The highest BCUT2D eigenvalue weighted by molar-refractivity contribution is 6.31. The number of fused-ring (bicyclic) bond motifs is 1. The first-order valence-electron chi connectivity index (χ1n) is 4.90. The van der Waals surface area contributed by atoms with Crippen LogP contribution in [-0.4, -0.2) is 12.1 Å². The van der Waals surface area contributed by atoms with Crippen molar-refractivity contribution in [2.75, 3.05) is 6.54 Å². The lowest BCUT2D eigenvalue weighted by atomic mass is 9.79. The number of benzene rings is 1. The number of halogens is 1. The molecule has 0 bridgehead atoms. The SMILES string of the molecule is NCC1(N)CCc2c(Cl)cccc2C1. The second-order valence-electron chi connectivity index (χ2n) is 4.12. The molecule has 0 fully saturated rings. The molecule has 14 heavy (non-hydrogen) atoms. The van der Waals surface area contributed by atoms with Crippen LogP contribution in [0.25, 0.3) is 0 Å². The Labute approximate surface area is 89.2 Å². The van der Waals surface area contributed by atoms with Crippen molar-refractivity contribution in [3.05, 3.63) is 34.3 Å². The van der Waals surface area contributed by atoms with Gasteiger partial charge >= 0.3 is 0 Å². The lowest BCUT2D eigenvalue weighted by molar-refractivity contribution is 0.382. The largest absolute Gasteiger partial charge is 0.329 e. The molecule has 0 saturated heterocycles. The van der Waals surface area contributed by atoms with Crippen molar-refractivity contribution in [3.8, 4) is 0 Å². The summed E-state index contributed by atoms with van der Waals surface area (Å²) in [4.78, 5) is 0. The van der Waals surface area contributed by atoms with Gasteiger partial charge in [0, 0.05) is 17.1 Å². The summed E-state index contributed by atoms with van der Waals surface area (Å²) in [5.41, 5.74) is 14.1. The van der Waals surface area contributed by atoms with Gasteiger partial charge in [-0.2, -0.15) is 0 Å². The topological polar surface area (TPSA) is 52.0 Å². The van der Waals surface area contributed by atoms with Gasteiger partial charge in [0.05, 0.1) is 0 Å². The summed E-state index contributed by atoms with van der Waals surface area (Å²) in [5.74, 6) is 0. The van der Waals surface area contributed by atoms with Crippen LogP contribution in [0.4, 0.5) is 0 Å². The number of nitrogens with two attached hydrogens (primary N) is 2. The van der Waals surface area contributed by atoms with Crippen LogP contribution >= 0.6 is 11.6 Å². The molecule has 1 aliphatic rings. The highest BCUT2D eigenvalue weighted by Crippen LogP contribution is 2.31. The summed E-state index contributed by atoms with van der Waals surface area (Å²) < 4.78 is 0. The monoisotopic (exact) mass is 210 g/mol. The second-order valence-corrected chi connectivity index (χ2v) is 4.53. The minimum atomic E-state index is -0.225. The Morgan fingerprint density at radius 3 is 2.93 bits per heavy atom. The molecule has 2 nitrogen and oxygen atoms in total. The van der Waals surface area contributed by atoms with E-state index in [0.29, 0.717) is 6.54 Å². The van der Waals surface area contributed by atoms with E-state index in [0.717, 1.165) is 24.3 Å². The molecule has 0 amide bonds. The molecule has 0 aromatic heterocycles. The van der Waals surface area contributed by atoms with Gasteiger partial charge in [-0.3, -0.25) is 0 Å². The number of hydrogen-bond donors (Lipinski definition) is 2. The highest BCUT2D eigenvalue weighted by atomic mass is 35.5. The third-order valence-electron chi connectivity index (χ3n) is 3.04. The first-order chi connectivity index (χ1) is 6.64. The van der Waals surface area contributed by atoms with E-state index < -0.39 is 0 Å². The summed E-state index contributed by atoms with van der Waals surface area (Å²) in [5, 5.41) is 0.863. The molecule has 2 rings (SSSR count). The van der Waals surface area contributed by atoms with E-state index in [1.54, 1.807) is 0 Å². The van der Waals surface area contributed by atoms with E-state index in [1.165, 1.54) is 11.1 Å². The van der Waals surface area contributed by atoms with Gasteiger partial charge in [0.15, 0.2) is 0 Å². The first-order valence-corrected chi connectivity index (χ1v) is 5.28. The van der Waals surface area contributed by atoms with Crippen LogP contribution in [0.1, 0.15) is 17.5 Å². The molecular formula is C11H15ClN2. The molecule has 1 aliphatic carbocycles. The van der Waals surface area contributed by atoms with Gasteiger partial charge in [-0.05, 0) is 36.5 Å². The average molecular weight is 211 g/mol. The third-order valence-corrected chi connectivity index (χ3v) is 3.39. The molecule has 0 spiro atoms. The zero-order valence-electron chi connectivity index (χ0n) is 8.09. The normalized spacial score (nSPS) is 25.9. The summed E-state index contributed by atoms with van der Waals surface area (Å²) in [7, 11) is 0. The van der Waals surface area contributed by atoms with E-state index in [9.17, 15) is 0 Å². The molecule has 0 heterocycles. The van der Waals surface area contributed by atoms with Gasteiger partial charge in [0.25, 0.3) is 0 Å². The molecule has 1 unspecified atom stereocenters. The van der Waals surface area contributed by atoms with Crippen molar-refractivity contribution in [3.63, 3.8) is 0 Å². The Morgan fingerprint density at radius 1 is 1.43 bits per heavy atom. The Morgan fingerprint density at radius 2 is 2.21 bits per heavy atom. The van der Waals surface area contributed by atoms with Crippen LogP contribution in [-0.2, 0) is 12.8 Å². The van der Waals surface area contributed by atoms with E-state index in [-0.39, 0.29) is 5.54 Å². The van der Waals surface area contributed by atoms with Gasteiger partial charge in [-0.15, -0.1) is 0 Å². The van der Waals surface area contributed by atoms with Crippen molar-refractivity contribution in [2.24, 2.45) is 11.5 Å². The van der Waals surface area contributed by atoms with Gasteiger partial charge in [-0.1, -0.05) is 23.7 Å². The standard InChI is InChI=1S/C11H15ClN2/c12-10-3-1-2-8-6-11(14,7-13)5-4-9(8)10/h1-3H,4-7,13-14H2. The molecule has 0 radical (unpaired) electrons.